The van der Waals surface area contributed by atoms with Gasteiger partial charge in [0.15, 0.2) is 0 Å². The Labute approximate surface area is 195 Å². The van der Waals surface area contributed by atoms with Crippen LogP contribution in [0.5, 0.6) is 5.75 Å². The molecule has 4 aromatic rings. The summed E-state index contributed by atoms with van der Waals surface area (Å²) >= 11 is 1.47. The van der Waals surface area contributed by atoms with Gasteiger partial charge < -0.3 is 14.8 Å². The highest BCUT2D eigenvalue weighted by Crippen LogP contribution is 2.31. The van der Waals surface area contributed by atoms with Gasteiger partial charge in [-0.15, -0.1) is 11.3 Å². The number of hydrogen-bond donors (Lipinski definition) is 1. The fraction of sp³-hybridized carbons (Fsp3) is 0.154. The van der Waals surface area contributed by atoms with Gasteiger partial charge in [0.2, 0.25) is 0 Å². The van der Waals surface area contributed by atoms with Crippen molar-refractivity contribution in [2.24, 2.45) is 0 Å². The zero-order valence-corrected chi connectivity index (χ0v) is 19.2. The first-order valence-corrected chi connectivity index (χ1v) is 11.3. The van der Waals surface area contributed by atoms with Gasteiger partial charge in [-0.05, 0) is 43.0 Å². The molecular formula is C26H23FN2O3S. The first kappa shape index (κ1) is 22.5. The van der Waals surface area contributed by atoms with Crippen molar-refractivity contribution in [3.05, 3.63) is 94.9 Å². The topological polar surface area (TPSA) is 60.5 Å². The van der Waals surface area contributed by atoms with E-state index in [2.05, 4.69) is 16.9 Å². The van der Waals surface area contributed by atoms with Crippen LogP contribution in [-0.4, -0.2) is 17.6 Å². The molecule has 0 amide bonds. The molecule has 0 radical (unpaired) electrons. The molecule has 168 valence electrons. The molecule has 0 aliphatic heterocycles. The number of aromatic nitrogens is 1. The van der Waals surface area contributed by atoms with Crippen LogP contribution in [0, 0.1) is 12.7 Å². The van der Waals surface area contributed by atoms with Gasteiger partial charge in [-0.3, -0.25) is 4.98 Å². The van der Waals surface area contributed by atoms with Crippen molar-refractivity contribution >= 4 is 38.8 Å². The molecule has 33 heavy (non-hydrogen) atoms. The van der Waals surface area contributed by atoms with E-state index in [-0.39, 0.29) is 11.8 Å². The third kappa shape index (κ3) is 5.04. The number of nitrogens with zero attached hydrogens (tertiary/aromatic N) is 1. The second-order valence-electron chi connectivity index (χ2n) is 7.43. The maximum Gasteiger partial charge on any atom is 0.341 e. The summed E-state index contributed by atoms with van der Waals surface area (Å²) in [5.74, 6) is 0.0194. The quantitative estimate of drug-likeness (QED) is 0.300. The highest BCUT2D eigenvalue weighted by Gasteiger charge is 2.16. The molecule has 5 nitrogen and oxygen atoms in total. The molecule has 0 aliphatic carbocycles. The lowest BCUT2D eigenvalue weighted by Crippen LogP contribution is -2.05. The molecule has 4 rings (SSSR count). The summed E-state index contributed by atoms with van der Waals surface area (Å²) in [7, 11) is 0. The Morgan fingerprint density at radius 1 is 1.21 bits per heavy atom. The maximum absolute atomic E-state index is 13.5. The predicted octanol–water partition coefficient (Wildman–Crippen LogP) is 6.58. The molecule has 2 heterocycles. The Hall–Kier alpha value is -3.71. The van der Waals surface area contributed by atoms with E-state index in [0.717, 1.165) is 26.9 Å². The first-order valence-electron chi connectivity index (χ1n) is 10.4. The normalized spacial score (nSPS) is 10.8. The summed E-state index contributed by atoms with van der Waals surface area (Å²) in [6, 6.07) is 12.0. The van der Waals surface area contributed by atoms with E-state index in [0.29, 0.717) is 35.8 Å². The van der Waals surface area contributed by atoms with E-state index in [1.54, 1.807) is 25.3 Å². The number of halogens is 1. The molecule has 0 fully saturated rings. The number of benzene rings is 2. The zero-order chi connectivity index (χ0) is 23.4. The molecule has 0 bridgehead atoms. The largest absolute Gasteiger partial charge is 0.489 e. The smallest absolute Gasteiger partial charge is 0.341 e. The van der Waals surface area contributed by atoms with Crippen molar-refractivity contribution in [1.29, 1.82) is 0 Å². The molecular weight excluding hydrogens is 439 g/mol. The minimum absolute atomic E-state index is 0.311. The molecule has 0 spiro atoms. The number of aryl methyl sites for hydroxylation is 1. The summed E-state index contributed by atoms with van der Waals surface area (Å²) in [4.78, 5) is 16.4. The summed E-state index contributed by atoms with van der Waals surface area (Å²) < 4.78 is 25.6. The molecule has 1 N–H and O–H groups in total. The fourth-order valence-corrected chi connectivity index (χ4v) is 4.40. The zero-order valence-electron chi connectivity index (χ0n) is 18.4. The van der Waals surface area contributed by atoms with Gasteiger partial charge in [0.1, 0.15) is 18.2 Å². The Morgan fingerprint density at radius 3 is 2.85 bits per heavy atom. The number of rotatable bonds is 8. The first-order chi connectivity index (χ1) is 16.0. The Bertz CT molecular complexity index is 1330. The fourth-order valence-electron chi connectivity index (χ4n) is 3.38. The van der Waals surface area contributed by atoms with Gasteiger partial charge in [0, 0.05) is 46.4 Å². The molecule has 0 saturated carbocycles. The third-order valence-electron chi connectivity index (χ3n) is 5.10. The van der Waals surface area contributed by atoms with Gasteiger partial charge in [-0.25, -0.2) is 9.18 Å². The van der Waals surface area contributed by atoms with E-state index in [9.17, 15) is 9.18 Å². The number of esters is 1. The van der Waals surface area contributed by atoms with Crippen LogP contribution < -0.4 is 10.1 Å². The number of fused-ring (bicyclic) bond motifs is 1. The number of pyridine rings is 1. The number of anilines is 1. The SMILES string of the molecule is C=C(Nc1ccc(C)c(OCc2csc3c(C(=O)OCC)cncc23)c1)c1cccc(F)c1. The van der Waals surface area contributed by atoms with Crippen LogP contribution in [0.1, 0.15) is 34.0 Å². The summed E-state index contributed by atoms with van der Waals surface area (Å²) in [5.41, 5.74) is 4.42. The number of carbonyl (C=O) groups excluding carboxylic acids is 1. The van der Waals surface area contributed by atoms with E-state index >= 15 is 0 Å². The van der Waals surface area contributed by atoms with Crippen LogP contribution in [0.3, 0.4) is 0 Å². The minimum Gasteiger partial charge on any atom is -0.489 e. The van der Waals surface area contributed by atoms with Crippen LogP contribution in [-0.2, 0) is 11.3 Å². The number of carbonyl (C=O) groups is 1. The second-order valence-corrected chi connectivity index (χ2v) is 8.31. The van der Waals surface area contributed by atoms with Crippen molar-refractivity contribution < 1.29 is 18.7 Å². The Balaban J connectivity index is 1.51. The Kier molecular flexibility index (Phi) is 6.70. The molecule has 0 aliphatic rings. The lowest BCUT2D eigenvalue weighted by atomic mass is 10.1. The van der Waals surface area contributed by atoms with E-state index < -0.39 is 0 Å². The summed E-state index contributed by atoms with van der Waals surface area (Å²) in [6.45, 7) is 8.38. The molecule has 2 aromatic heterocycles. The molecule has 0 unspecified atom stereocenters. The highest BCUT2D eigenvalue weighted by molar-refractivity contribution is 7.17. The second kappa shape index (κ2) is 9.83. The molecule has 0 atom stereocenters. The van der Waals surface area contributed by atoms with Gasteiger partial charge in [-0.1, -0.05) is 24.8 Å². The number of nitrogens with one attached hydrogen (secondary N) is 1. The van der Waals surface area contributed by atoms with Gasteiger partial charge >= 0.3 is 5.97 Å². The van der Waals surface area contributed by atoms with Crippen molar-refractivity contribution in [3.8, 4) is 5.75 Å². The Morgan fingerprint density at radius 2 is 2.06 bits per heavy atom. The van der Waals surface area contributed by atoms with Crippen LogP contribution in [0.15, 0.2) is 66.8 Å². The number of thiophene rings is 1. The van der Waals surface area contributed by atoms with E-state index in [1.807, 2.05) is 30.5 Å². The standard InChI is InChI=1S/C26H23FN2O3S/c1-4-31-26(30)23-13-28-12-22-19(15-33-25(22)23)14-32-24-11-21(9-8-16(24)2)29-17(3)18-6-5-7-20(27)10-18/h5-13,15,29H,3-4,14H2,1-2H3. The van der Waals surface area contributed by atoms with E-state index in [1.165, 1.54) is 29.7 Å². The van der Waals surface area contributed by atoms with Gasteiger partial charge in [0.05, 0.1) is 16.9 Å². The molecule has 2 aromatic carbocycles. The lowest BCUT2D eigenvalue weighted by Gasteiger charge is -2.14. The van der Waals surface area contributed by atoms with Gasteiger partial charge in [0.25, 0.3) is 0 Å². The average Bonchev–Trinajstić information content (AvgIpc) is 3.22. The molecule has 7 heteroatoms. The highest BCUT2D eigenvalue weighted by atomic mass is 32.1. The van der Waals surface area contributed by atoms with Crippen LogP contribution >= 0.6 is 11.3 Å². The van der Waals surface area contributed by atoms with Crippen molar-refractivity contribution in [3.63, 3.8) is 0 Å². The van der Waals surface area contributed by atoms with Crippen molar-refractivity contribution in [1.82, 2.24) is 4.98 Å². The van der Waals surface area contributed by atoms with Crippen LogP contribution in [0.4, 0.5) is 10.1 Å². The van der Waals surface area contributed by atoms with Crippen molar-refractivity contribution in [2.75, 3.05) is 11.9 Å². The lowest BCUT2D eigenvalue weighted by molar-refractivity contribution is 0.0528. The molecule has 0 saturated heterocycles. The minimum atomic E-state index is -0.377. The van der Waals surface area contributed by atoms with Crippen LogP contribution in [0.25, 0.3) is 15.8 Å². The van der Waals surface area contributed by atoms with Gasteiger partial charge in [-0.2, -0.15) is 0 Å². The maximum atomic E-state index is 13.5. The predicted molar refractivity (Wildman–Crippen MR) is 130 cm³/mol. The monoisotopic (exact) mass is 462 g/mol. The van der Waals surface area contributed by atoms with Crippen molar-refractivity contribution in [2.45, 2.75) is 20.5 Å². The number of ether oxygens (including phenoxy) is 2. The summed E-state index contributed by atoms with van der Waals surface area (Å²) in [6.07, 6.45) is 3.27. The van der Waals surface area contributed by atoms with E-state index in [4.69, 9.17) is 9.47 Å². The average molecular weight is 463 g/mol. The number of hydrogen-bond acceptors (Lipinski definition) is 6. The third-order valence-corrected chi connectivity index (χ3v) is 6.17. The summed E-state index contributed by atoms with van der Waals surface area (Å²) in [5, 5.41) is 6.05. The van der Waals surface area contributed by atoms with Crippen LogP contribution in [0.2, 0.25) is 0 Å².